The summed E-state index contributed by atoms with van der Waals surface area (Å²) < 4.78 is 0. The zero-order valence-corrected chi connectivity index (χ0v) is 15.1. The molecule has 2 aromatic carbocycles. The number of carbonyl (C=O) groups is 2. The van der Waals surface area contributed by atoms with Crippen LogP contribution in [0.4, 0.5) is 17.1 Å². The minimum Gasteiger partial charge on any atom is -0.858 e. The van der Waals surface area contributed by atoms with Gasteiger partial charge in [0.15, 0.2) is 0 Å². The largest absolute Gasteiger partial charge is 0.858 e. The van der Waals surface area contributed by atoms with E-state index in [1.165, 1.54) is 26.0 Å². The lowest BCUT2D eigenvalue weighted by Gasteiger charge is -2.15. The van der Waals surface area contributed by atoms with Crippen LogP contribution in [0.15, 0.2) is 47.5 Å². The Morgan fingerprint density at radius 3 is 2.29 bits per heavy atom. The number of hydrogen-bond acceptors (Lipinski definition) is 7. The lowest BCUT2D eigenvalue weighted by atomic mass is 10.1. The van der Waals surface area contributed by atoms with E-state index in [9.17, 15) is 14.7 Å². The van der Waals surface area contributed by atoms with E-state index in [4.69, 9.17) is 0 Å². The maximum atomic E-state index is 12.6. The summed E-state index contributed by atoms with van der Waals surface area (Å²) in [5.41, 5.74) is 2.00. The molecule has 0 aliphatic carbocycles. The number of benzene rings is 2. The average molecular weight is 378 g/mol. The molecule has 0 bridgehead atoms. The zero-order valence-electron chi connectivity index (χ0n) is 15.1. The molecule has 3 rings (SSSR count). The molecule has 3 aromatic rings. The summed E-state index contributed by atoms with van der Waals surface area (Å²) in [6.07, 6.45) is 0. The molecule has 0 saturated heterocycles. The second-order valence-corrected chi connectivity index (χ2v) is 5.86. The highest BCUT2D eigenvalue weighted by Gasteiger charge is 2.06. The average Bonchev–Trinajstić information content (AvgIpc) is 3.15. The van der Waals surface area contributed by atoms with Crippen LogP contribution in [-0.2, 0) is 9.59 Å². The Bertz CT molecular complexity index is 1010. The summed E-state index contributed by atoms with van der Waals surface area (Å²) in [7, 11) is 0. The van der Waals surface area contributed by atoms with Crippen LogP contribution in [-0.4, -0.2) is 38.3 Å². The highest BCUT2D eigenvalue weighted by molar-refractivity contribution is 5.99. The first kappa shape index (κ1) is 18.7. The lowest BCUT2D eigenvalue weighted by molar-refractivity contribution is -0.212. The molecule has 0 aliphatic heterocycles. The summed E-state index contributed by atoms with van der Waals surface area (Å²) in [5.74, 6) is -0.764. The number of hydrogen-bond donors (Lipinski definition) is 3. The second kappa shape index (κ2) is 8.08. The minimum atomic E-state index is -0.538. The van der Waals surface area contributed by atoms with Crippen molar-refractivity contribution in [2.75, 3.05) is 10.6 Å². The minimum absolute atomic E-state index is 0.208. The summed E-state index contributed by atoms with van der Waals surface area (Å²) in [6, 6.07) is 11.3. The van der Waals surface area contributed by atoms with Crippen molar-refractivity contribution in [3.63, 3.8) is 0 Å². The number of anilines is 2. The van der Waals surface area contributed by atoms with E-state index in [0.29, 0.717) is 28.5 Å². The van der Waals surface area contributed by atoms with E-state index in [1.807, 2.05) is 0 Å². The Labute approximate surface area is 159 Å². The normalized spacial score (nSPS) is 11.1. The van der Waals surface area contributed by atoms with E-state index in [2.05, 4.69) is 36.3 Å². The number of aromatic nitrogens is 4. The fraction of sp³-hybridized carbons (Fsp3) is 0.111. The van der Waals surface area contributed by atoms with Crippen LogP contribution in [0.3, 0.4) is 0 Å². The maximum absolute atomic E-state index is 12.6. The lowest BCUT2D eigenvalue weighted by Crippen LogP contribution is -2.19. The van der Waals surface area contributed by atoms with Crippen LogP contribution >= 0.6 is 0 Å². The molecule has 10 heteroatoms. The number of rotatable bonds is 5. The fourth-order valence-corrected chi connectivity index (χ4v) is 2.48. The standard InChI is InChI=1S/C18H17N7O3/c1-10(26)19-15-7-13(8-16(9-15)20-11(2)27)18(28)21-14-5-3-4-12(6-14)17-22-24-25-23-17/h3-9H,1-2H3,(H,19,26)(H,20,27)(H,21,28)(H,22,23,24,25)/p-1. The van der Waals surface area contributed by atoms with Gasteiger partial charge in [-0.05, 0) is 47.0 Å². The first-order valence-electron chi connectivity index (χ1n) is 8.21. The van der Waals surface area contributed by atoms with Crippen LogP contribution in [0.1, 0.15) is 19.4 Å². The van der Waals surface area contributed by atoms with Gasteiger partial charge in [0.25, 0.3) is 0 Å². The number of tetrazole rings is 1. The van der Waals surface area contributed by atoms with Crippen molar-refractivity contribution in [1.29, 1.82) is 0 Å². The van der Waals surface area contributed by atoms with Crippen molar-refractivity contribution in [3.05, 3.63) is 48.0 Å². The van der Waals surface area contributed by atoms with Gasteiger partial charge in [-0.15, -0.1) is 10.2 Å². The van der Waals surface area contributed by atoms with Gasteiger partial charge >= 0.3 is 0 Å². The third-order valence-electron chi connectivity index (χ3n) is 3.50. The number of aliphatic imine (C=N–C) groups is 1. The van der Waals surface area contributed by atoms with E-state index in [0.717, 1.165) is 0 Å². The maximum Gasteiger partial charge on any atom is 0.221 e. The van der Waals surface area contributed by atoms with Crippen LogP contribution in [0.5, 0.6) is 0 Å². The molecule has 3 N–H and O–H groups in total. The predicted octanol–water partition coefficient (Wildman–Crippen LogP) is 1.22. The molecule has 0 aliphatic rings. The molecule has 142 valence electrons. The number of nitrogens with one attached hydrogen (secondary N) is 3. The van der Waals surface area contributed by atoms with Gasteiger partial charge < -0.3 is 15.7 Å². The molecule has 1 aromatic heterocycles. The molecule has 0 fully saturated rings. The Morgan fingerprint density at radius 1 is 1.04 bits per heavy atom. The smallest absolute Gasteiger partial charge is 0.221 e. The monoisotopic (exact) mass is 378 g/mol. The van der Waals surface area contributed by atoms with Crippen LogP contribution in [0, 0.1) is 0 Å². The van der Waals surface area contributed by atoms with Gasteiger partial charge in [0.2, 0.25) is 17.6 Å². The van der Waals surface area contributed by atoms with Crippen molar-refractivity contribution in [2.45, 2.75) is 13.8 Å². The molecule has 10 nitrogen and oxygen atoms in total. The van der Waals surface area contributed by atoms with Gasteiger partial charge in [0.05, 0.1) is 5.69 Å². The Morgan fingerprint density at radius 2 is 1.71 bits per heavy atom. The van der Waals surface area contributed by atoms with Crippen molar-refractivity contribution < 1.29 is 14.7 Å². The van der Waals surface area contributed by atoms with Crippen LogP contribution < -0.4 is 15.7 Å². The van der Waals surface area contributed by atoms with Crippen molar-refractivity contribution in [1.82, 2.24) is 20.6 Å². The highest BCUT2D eigenvalue weighted by atomic mass is 16.3. The zero-order chi connectivity index (χ0) is 20.1. The van der Waals surface area contributed by atoms with Crippen molar-refractivity contribution in [2.24, 2.45) is 4.99 Å². The number of H-pyrrole nitrogens is 1. The molecule has 1 heterocycles. The number of amides is 2. The molecule has 2 amide bonds. The molecular formula is C18H16N7O3-. The van der Waals surface area contributed by atoms with Gasteiger partial charge in [-0.2, -0.15) is 5.21 Å². The molecule has 0 radical (unpaired) electrons. The number of nitrogens with zero attached hydrogens (tertiary/aromatic N) is 4. The third-order valence-corrected chi connectivity index (χ3v) is 3.50. The Hall–Kier alpha value is -4.08. The first-order chi connectivity index (χ1) is 13.4. The molecule has 0 atom stereocenters. The SMILES string of the molecule is CC(=O)Nc1cc(NC(C)=O)cc(C([O-])=Nc2cccc(-c3nn[nH]n3)c2)c1. The van der Waals surface area contributed by atoms with E-state index >= 15 is 0 Å². The fourth-order valence-electron chi connectivity index (χ4n) is 2.48. The predicted molar refractivity (Wildman–Crippen MR) is 101 cm³/mol. The van der Waals surface area contributed by atoms with E-state index in [-0.39, 0.29) is 17.4 Å². The quantitative estimate of drug-likeness (QED) is 0.449. The summed E-state index contributed by atoms with van der Waals surface area (Å²) in [4.78, 5) is 26.8. The van der Waals surface area contributed by atoms with Crippen molar-refractivity contribution in [3.8, 4) is 11.4 Å². The van der Waals surface area contributed by atoms with Gasteiger partial charge in [0.1, 0.15) is 0 Å². The molecular weight excluding hydrogens is 362 g/mol. The number of aromatic amines is 1. The molecule has 0 spiro atoms. The molecule has 0 saturated carbocycles. The highest BCUT2D eigenvalue weighted by Crippen LogP contribution is 2.23. The van der Waals surface area contributed by atoms with Crippen LogP contribution in [0.2, 0.25) is 0 Å². The van der Waals surface area contributed by atoms with Gasteiger partial charge in [-0.3, -0.25) is 14.6 Å². The third kappa shape index (κ3) is 4.75. The Balaban J connectivity index is 1.96. The number of carbonyl (C=O) groups excluding carboxylic acids is 2. The topological polar surface area (TPSA) is 148 Å². The molecule has 0 unspecified atom stereocenters. The van der Waals surface area contributed by atoms with E-state index in [1.54, 1.807) is 30.3 Å². The Kier molecular flexibility index (Phi) is 5.40. The molecule has 28 heavy (non-hydrogen) atoms. The van der Waals surface area contributed by atoms with Crippen LogP contribution in [0.25, 0.3) is 11.4 Å². The summed E-state index contributed by atoms with van der Waals surface area (Å²) in [5, 5.41) is 31.5. The van der Waals surface area contributed by atoms with Gasteiger partial charge in [-0.1, -0.05) is 12.1 Å². The van der Waals surface area contributed by atoms with E-state index < -0.39 is 5.90 Å². The first-order valence-corrected chi connectivity index (χ1v) is 8.21. The second-order valence-electron chi connectivity index (χ2n) is 5.86. The van der Waals surface area contributed by atoms with Gasteiger partial charge in [0, 0.05) is 30.8 Å². The van der Waals surface area contributed by atoms with Gasteiger partial charge in [-0.25, -0.2) is 0 Å². The summed E-state index contributed by atoms with van der Waals surface area (Å²) >= 11 is 0. The summed E-state index contributed by atoms with van der Waals surface area (Å²) in [6.45, 7) is 2.70. The van der Waals surface area contributed by atoms with Crippen molar-refractivity contribution >= 4 is 34.8 Å².